The zero-order chi connectivity index (χ0) is 38.2. The second-order valence-electron chi connectivity index (χ2n) is 15.2. The number of nitrogens with one attached hydrogen (secondary N) is 1. The van der Waals surface area contributed by atoms with E-state index in [9.17, 15) is 24.3 Å². The zero-order valence-corrected chi connectivity index (χ0v) is 32.1. The molecule has 0 saturated carbocycles. The van der Waals surface area contributed by atoms with Crippen molar-refractivity contribution in [1.82, 2.24) is 19.6 Å². The number of hydrogen-bond acceptors (Lipinski definition) is 8. The Labute approximate surface area is 318 Å². The topological polar surface area (TPSA) is 141 Å². The van der Waals surface area contributed by atoms with Crippen LogP contribution in [0.2, 0.25) is 0 Å². The third kappa shape index (κ3) is 9.33. The van der Waals surface area contributed by atoms with Crippen LogP contribution in [0, 0.1) is 18.8 Å². The summed E-state index contributed by atoms with van der Waals surface area (Å²) in [6.45, 7) is 8.26. The van der Waals surface area contributed by atoms with Gasteiger partial charge in [-0.15, -0.1) is 0 Å². The summed E-state index contributed by atoms with van der Waals surface area (Å²) in [5, 5.41) is 13.5. The number of unbranched alkanes of at least 4 members (excludes halogenated alkanes) is 1. The molecule has 13 nitrogen and oxygen atoms in total. The van der Waals surface area contributed by atoms with Crippen LogP contribution in [0.4, 0.5) is 20.1 Å². The number of piperidine rings is 3. The van der Waals surface area contributed by atoms with Crippen molar-refractivity contribution in [3.8, 4) is 11.5 Å². The molecule has 3 saturated heterocycles. The molecule has 6 rings (SSSR count). The van der Waals surface area contributed by atoms with Crippen LogP contribution in [0.3, 0.4) is 0 Å². The number of rotatable bonds is 10. The number of aromatic hydroxyl groups is 1. The molecule has 4 aliphatic heterocycles. The monoisotopic (exact) mass is 747 g/mol. The van der Waals surface area contributed by atoms with Gasteiger partial charge in [0, 0.05) is 64.0 Å². The molecule has 0 spiro atoms. The highest BCUT2D eigenvalue weighted by Crippen LogP contribution is 2.35. The van der Waals surface area contributed by atoms with Gasteiger partial charge in [-0.3, -0.25) is 4.79 Å². The number of aryl methyl sites for hydroxylation is 1. The minimum Gasteiger partial charge on any atom is -0.504 e. The summed E-state index contributed by atoms with van der Waals surface area (Å²) in [6, 6.07) is 11.2. The lowest BCUT2D eigenvalue weighted by molar-refractivity contribution is -0.142. The predicted octanol–water partition coefficient (Wildman–Crippen LogP) is 6.20. The molecule has 2 N–H and O–H groups in total. The lowest BCUT2D eigenvalue weighted by Crippen LogP contribution is -2.52. The Bertz CT molecular complexity index is 1630. The summed E-state index contributed by atoms with van der Waals surface area (Å²) < 4.78 is 16.9. The van der Waals surface area contributed by atoms with Gasteiger partial charge in [0.25, 0.3) is 5.91 Å². The summed E-state index contributed by atoms with van der Waals surface area (Å²) >= 11 is 0. The summed E-state index contributed by atoms with van der Waals surface area (Å²) in [5.74, 6) is 1.05. The van der Waals surface area contributed by atoms with E-state index in [4.69, 9.17) is 14.2 Å². The number of fused-ring (bicyclic) bond motifs is 1. The average Bonchev–Trinajstić information content (AvgIpc) is 3.36. The molecule has 5 amide bonds. The number of carbonyl (C=O) groups is 4. The Hall–Kier alpha value is -4.68. The number of phenols is 1. The van der Waals surface area contributed by atoms with Crippen molar-refractivity contribution in [3.63, 3.8) is 0 Å². The molecule has 54 heavy (non-hydrogen) atoms. The Morgan fingerprint density at radius 2 is 1.50 bits per heavy atom. The molecule has 0 unspecified atom stereocenters. The highest BCUT2D eigenvalue weighted by Gasteiger charge is 2.37. The van der Waals surface area contributed by atoms with Gasteiger partial charge in [-0.2, -0.15) is 0 Å². The van der Waals surface area contributed by atoms with Crippen molar-refractivity contribution < 1.29 is 38.5 Å². The van der Waals surface area contributed by atoms with Crippen LogP contribution < -0.4 is 10.1 Å². The van der Waals surface area contributed by atoms with Gasteiger partial charge in [-0.1, -0.05) is 37.6 Å². The van der Waals surface area contributed by atoms with Gasteiger partial charge in [-0.25, -0.2) is 14.4 Å². The number of nitrogens with zero attached hydrogens (tertiary/aromatic N) is 4. The third-order valence-electron chi connectivity index (χ3n) is 11.8. The van der Waals surface area contributed by atoms with Crippen LogP contribution >= 0.6 is 0 Å². The van der Waals surface area contributed by atoms with E-state index in [0.29, 0.717) is 88.4 Å². The lowest BCUT2D eigenvalue weighted by atomic mass is 9.79. The molecule has 0 aliphatic carbocycles. The van der Waals surface area contributed by atoms with E-state index in [1.54, 1.807) is 24.0 Å². The van der Waals surface area contributed by atoms with Crippen LogP contribution in [-0.4, -0.2) is 121 Å². The number of anilines is 1. The minimum atomic E-state index is -1.06. The summed E-state index contributed by atoms with van der Waals surface area (Å²) in [7, 11) is 1.48. The quantitative estimate of drug-likeness (QED) is 0.274. The van der Waals surface area contributed by atoms with E-state index >= 15 is 0 Å². The summed E-state index contributed by atoms with van der Waals surface area (Å²) in [4.78, 5) is 60.7. The van der Waals surface area contributed by atoms with Crippen LogP contribution in [0.5, 0.6) is 11.5 Å². The molecular weight excluding hydrogens is 690 g/mol. The molecule has 0 bridgehead atoms. The lowest BCUT2D eigenvalue weighted by Gasteiger charge is -2.41. The fourth-order valence-electron chi connectivity index (χ4n) is 8.52. The van der Waals surface area contributed by atoms with E-state index in [-0.39, 0.29) is 36.2 Å². The first kappa shape index (κ1) is 39.0. The first-order valence-corrected chi connectivity index (χ1v) is 19.8. The number of para-hydroxylation sites is 1. The van der Waals surface area contributed by atoms with Gasteiger partial charge in [0.1, 0.15) is 0 Å². The minimum absolute atomic E-state index is 0.0126. The van der Waals surface area contributed by atoms with Gasteiger partial charge in [0.15, 0.2) is 17.6 Å². The van der Waals surface area contributed by atoms with E-state index in [0.717, 1.165) is 61.8 Å². The van der Waals surface area contributed by atoms with Crippen molar-refractivity contribution in [1.29, 1.82) is 0 Å². The fourth-order valence-corrected chi connectivity index (χ4v) is 8.52. The number of amides is 5. The molecule has 4 aliphatic rings. The van der Waals surface area contributed by atoms with E-state index < -0.39 is 12.2 Å². The van der Waals surface area contributed by atoms with Gasteiger partial charge < -0.3 is 44.2 Å². The Balaban J connectivity index is 1.05. The zero-order valence-electron chi connectivity index (χ0n) is 32.1. The van der Waals surface area contributed by atoms with Crippen molar-refractivity contribution in [2.24, 2.45) is 11.8 Å². The van der Waals surface area contributed by atoms with E-state index in [1.165, 1.54) is 7.11 Å². The maximum atomic E-state index is 14.2. The Morgan fingerprint density at radius 1 is 0.870 bits per heavy atom. The third-order valence-corrected chi connectivity index (χ3v) is 11.8. The maximum Gasteiger partial charge on any atom is 0.410 e. The number of likely N-dealkylation sites (tertiary alicyclic amines) is 3. The summed E-state index contributed by atoms with van der Waals surface area (Å²) in [6.07, 6.45) is 5.72. The Kier molecular flexibility index (Phi) is 13.1. The van der Waals surface area contributed by atoms with Crippen LogP contribution in [0.15, 0.2) is 36.4 Å². The molecule has 4 heterocycles. The molecular formula is C41H57N5O8. The van der Waals surface area contributed by atoms with Crippen molar-refractivity contribution >= 4 is 29.8 Å². The molecule has 294 valence electrons. The standard InChI is InChI=1S/C41H57N5O8/c1-4-5-24-53-40(50)44-19-12-31(13-20-44)30-10-17-43(18-11-30)38(48)36(27-29-25-28(2)37(47)35(26-29)52-3)54-41(51)45-21-15-33(16-22-45)46-23-14-32-8-6-7-9-34(32)42-39(46)49/h6-9,25-26,30-31,33,36,47H,4-5,10-24,27H2,1-3H3,(H,42,49)/t36-/m1/s1. The van der Waals surface area contributed by atoms with E-state index in [2.05, 4.69) is 12.2 Å². The summed E-state index contributed by atoms with van der Waals surface area (Å²) in [5.41, 5.74) is 3.27. The number of methoxy groups -OCH3 is 1. The Morgan fingerprint density at radius 3 is 2.17 bits per heavy atom. The first-order valence-electron chi connectivity index (χ1n) is 19.8. The molecule has 2 aromatic rings. The number of urea groups is 1. The molecule has 0 radical (unpaired) electrons. The van der Waals surface area contributed by atoms with Gasteiger partial charge in [0.2, 0.25) is 0 Å². The van der Waals surface area contributed by atoms with Crippen molar-refractivity contribution in [3.05, 3.63) is 53.1 Å². The number of benzene rings is 2. The number of hydrogen-bond donors (Lipinski definition) is 2. The number of ether oxygens (including phenoxy) is 3. The van der Waals surface area contributed by atoms with Gasteiger partial charge in [0.05, 0.1) is 13.7 Å². The highest BCUT2D eigenvalue weighted by molar-refractivity contribution is 5.91. The van der Waals surface area contributed by atoms with Crippen LogP contribution in [-0.2, 0) is 27.1 Å². The average molecular weight is 748 g/mol. The van der Waals surface area contributed by atoms with E-state index in [1.807, 2.05) is 39.0 Å². The predicted molar refractivity (Wildman–Crippen MR) is 204 cm³/mol. The molecule has 1 atom stereocenters. The molecule has 0 aromatic heterocycles. The smallest absolute Gasteiger partial charge is 0.410 e. The highest BCUT2D eigenvalue weighted by atomic mass is 16.6. The molecule has 2 aromatic carbocycles. The van der Waals surface area contributed by atoms with Gasteiger partial charge in [-0.05, 0) is 98.9 Å². The van der Waals surface area contributed by atoms with Crippen molar-refractivity contribution in [2.45, 2.75) is 90.2 Å². The van der Waals surface area contributed by atoms with Crippen LogP contribution in [0.25, 0.3) is 0 Å². The second kappa shape index (κ2) is 18.1. The second-order valence-corrected chi connectivity index (χ2v) is 15.2. The largest absolute Gasteiger partial charge is 0.504 e. The fraction of sp³-hybridized carbons (Fsp3) is 0.610. The van der Waals surface area contributed by atoms with Crippen LogP contribution in [0.1, 0.15) is 75.0 Å². The van der Waals surface area contributed by atoms with Crippen molar-refractivity contribution in [2.75, 3.05) is 64.8 Å². The first-order chi connectivity index (χ1) is 26.1. The molecule has 3 fully saturated rings. The number of phenolic OH excluding ortho intramolecular Hbond substituents is 1. The SMILES string of the molecule is CCCCOC(=O)N1CCC(C2CCN(C(=O)[C@@H](Cc3cc(C)c(O)c(OC)c3)OC(=O)N3CCC(N4CCc5ccccc5NC4=O)CC3)CC2)CC1. The number of carbonyl (C=O) groups excluding carboxylic acids is 4. The van der Waals surface area contributed by atoms with Gasteiger partial charge >= 0.3 is 18.2 Å². The normalized spacial score (nSPS) is 19.4. The molecule has 13 heteroatoms. The maximum absolute atomic E-state index is 14.2.